The molecule has 0 unspecified atom stereocenters. The molecule has 3 heterocycles. The van der Waals surface area contributed by atoms with E-state index in [1.807, 2.05) is 4.90 Å². The molecule has 3 atom stereocenters. The average molecular weight is 308 g/mol. The molecule has 4 fully saturated rings. The Labute approximate surface area is 132 Å². The number of hydrogen-bond donors (Lipinski definition) is 0. The smallest absolute Gasteiger partial charge is 0.251 e. The first-order chi connectivity index (χ1) is 10.8. The molecule has 3 aliphatic heterocycles. The van der Waals surface area contributed by atoms with Gasteiger partial charge in [0, 0.05) is 31.7 Å². The minimum absolute atomic E-state index is 0.195. The van der Waals surface area contributed by atoms with Crippen LogP contribution >= 0.6 is 0 Å². The van der Waals surface area contributed by atoms with E-state index in [9.17, 15) is 4.79 Å². The van der Waals surface area contributed by atoms with Crippen molar-refractivity contribution < 1.29 is 14.3 Å². The Kier molecular flexibility index (Phi) is 4.38. The van der Waals surface area contributed by atoms with Gasteiger partial charge in [0.15, 0.2) is 0 Å². The maximum Gasteiger partial charge on any atom is 0.251 e. The molecule has 1 aliphatic carbocycles. The Morgan fingerprint density at radius 2 is 1.68 bits per heavy atom. The number of carbonyl (C=O) groups is 1. The molecule has 124 valence electrons. The van der Waals surface area contributed by atoms with Crippen molar-refractivity contribution in [3.63, 3.8) is 0 Å². The van der Waals surface area contributed by atoms with Crippen LogP contribution in [-0.4, -0.2) is 72.8 Å². The third kappa shape index (κ3) is 2.79. The highest BCUT2D eigenvalue weighted by molar-refractivity contribution is 5.81. The van der Waals surface area contributed by atoms with Crippen LogP contribution in [-0.2, 0) is 14.3 Å². The zero-order valence-corrected chi connectivity index (χ0v) is 13.4. The quantitative estimate of drug-likeness (QED) is 0.773. The van der Waals surface area contributed by atoms with Crippen molar-refractivity contribution in [1.82, 2.24) is 9.80 Å². The van der Waals surface area contributed by atoms with E-state index in [4.69, 9.17) is 9.47 Å². The van der Waals surface area contributed by atoms with Gasteiger partial charge in [-0.15, -0.1) is 0 Å². The molecule has 4 rings (SSSR count). The van der Waals surface area contributed by atoms with Gasteiger partial charge in [-0.3, -0.25) is 9.69 Å². The monoisotopic (exact) mass is 308 g/mol. The van der Waals surface area contributed by atoms with Crippen LogP contribution < -0.4 is 0 Å². The van der Waals surface area contributed by atoms with Crippen LogP contribution in [0.4, 0.5) is 0 Å². The second kappa shape index (κ2) is 6.46. The summed E-state index contributed by atoms with van der Waals surface area (Å²) in [5.41, 5.74) is 0. The van der Waals surface area contributed by atoms with Crippen LogP contribution in [0.5, 0.6) is 0 Å². The Morgan fingerprint density at radius 1 is 0.909 bits per heavy atom. The summed E-state index contributed by atoms with van der Waals surface area (Å²) in [6.07, 6.45) is 8.69. The topological polar surface area (TPSA) is 42.0 Å². The fourth-order valence-electron chi connectivity index (χ4n) is 4.82. The maximum atomic E-state index is 12.6. The van der Waals surface area contributed by atoms with Crippen molar-refractivity contribution in [3.05, 3.63) is 0 Å². The van der Waals surface area contributed by atoms with Crippen molar-refractivity contribution in [2.24, 2.45) is 0 Å². The summed E-state index contributed by atoms with van der Waals surface area (Å²) in [5, 5.41) is 0. The molecule has 1 saturated carbocycles. The molecule has 4 aliphatic rings. The van der Waals surface area contributed by atoms with Crippen LogP contribution in [0, 0.1) is 0 Å². The van der Waals surface area contributed by atoms with Crippen molar-refractivity contribution >= 4 is 5.91 Å². The third-order valence-corrected chi connectivity index (χ3v) is 5.98. The van der Waals surface area contributed by atoms with Crippen LogP contribution in [0.3, 0.4) is 0 Å². The number of likely N-dealkylation sites (tertiary alicyclic amines) is 1. The van der Waals surface area contributed by atoms with Crippen LogP contribution in [0.15, 0.2) is 0 Å². The standard InChI is InChI=1S/C17H28N2O3/c20-17(18-9-11-21-12-10-18)16-6-5-14-15(22-16)7-8-19(14)13-3-1-2-4-13/h13-16H,1-12H2/t14-,15-,16+/m1/s1. The first-order valence-electron chi connectivity index (χ1n) is 9.10. The number of amides is 1. The van der Waals surface area contributed by atoms with Gasteiger partial charge in [0.2, 0.25) is 0 Å². The summed E-state index contributed by atoms with van der Waals surface area (Å²) in [7, 11) is 0. The summed E-state index contributed by atoms with van der Waals surface area (Å²) in [6, 6.07) is 1.35. The van der Waals surface area contributed by atoms with E-state index >= 15 is 0 Å². The highest BCUT2D eigenvalue weighted by Gasteiger charge is 2.44. The van der Waals surface area contributed by atoms with E-state index < -0.39 is 0 Å². The van der Waals surface area contributed by atoms with E-state index in [2.05, 4.69) is 4.90 Å². The predicted molar refractivity (Wildman–Crippen MR) is 82.7 cm³/mol. The Hall–Kier alpha value is -0.650. The predicted octanol–water partition coefficient (Wildman–Crippen LogP) is 1.41. The molecule has 0 radical (unpaired) electrons. The summed E-state index contributed by atoms with van der Waals surface area (Å²) in [6.45, 7) is 3.94. The molecular formula is C17H28N2O3. The number of morpholine rings is 1. The minimum atomic E-state index is -0.206. The van der Waals surface area contributed by atoms with Gasteiger partial charge in [0.1, 0.15) is 6.10 Å². The van der Waals surface area contributed by atoms with E-state index in [1.165, 1.54) is 32.2 Å². The summed E-state index contributed by atoms with van der Waals surface area (Å²) in [5.74, 6) is 0.195. The van der Waals surface area contributed by atoms with Crippen molar-refractivity contribution in [2.45, 2.75) is 69.2 Å². The zero-order valence-electron chi connectivity index (χ0n) is 13.4. The second-order valence-corrected chi connectivity index (χ2v) is 7.21. The molecule has 5 nitrogen and oxygen atoms in total. The van der Waals surface area contributed by atoms with E-state index in [0.29, 0.717) is 19.3 Å². The first-order valence-corrected chi connectivity index (χ1v) is 9.10. The van der Waals surface area contributed by atoms with Gasteiger partial charge in [-0.05, 0) is 32.1 Å². The van der Waals surface area contributed by atoms with Crippen LogP contribution in [0.25, 0.3) is 0 Å². The van der Waals surface area contributed by atoms with Gasteiger partial charge in [-0.25, -0.2) is 0 Å². The van der Waals surface area contributed by atoms with E-state index in [-0.39, 0.29) is 18.1 Å². The maximum absolute atomic E-state index is 12.6. The number of rotatable bonds is 2. The van der Waals surface area contributed by atoms with E-state index in [0.717, 1.165) is 38.4 Å². The van der Waals surface area contributed by atoms with Gasteiger partial charge in [0.05, 0.1) is 19.3 Å². The molecule has 1 amide bonds. The highest BCUT2D eigenvalue weighted by Crippen LogP contribution is 2.37. The highest BCUT2D eigenvalue weighted by atomic mass is 16.5. The lowest BCUT2D eigenvalue weighted by Gasteiger charge is -2.39. The third-order valence-electron chi connectivity index (χ3n) is 5.98. The molecule has 0 bridgehead atoms. The summed E-state index contributed by atoms with van der Waals surface area (Å²) < 4.78 is 11.6. The lowest BCUT2D eigenvalue weighted by Crippen LogP contribution is -2.52. The zero-order chi connectivity index (χ0) is 14.9. The first kappa shape index (κ1) is 14.9. The van der Waals surface area contributed by atoms with Gasteiger partial charge < -0.3 is 14.4 Å². The van der Waals surface area contributed by atoms with Gasteiger partial charge in [0.25, 0.3) is 5.91 Å². The number of nitrogens with zero attached hydrogens (tertiary/aromatic N) is 2. The lowest BCUT2D eigenvalue weighted by molar-refractivity contribution is -0.158. The minimum Gasteiger partial charge on any atom is -0.378 e. The molecule has 3 saturated heterocycles. The summed E-state index contributed by atoms with van der Waals surface area (Å²) in [4.78, 5) is 17.2. The van der Waals surface area contributed by atoms with Crippen LogP contribution in [0.1, 0.15) is 44.9 Å². The molecule has 0 aromatic heterocycles. The molecule has 0 N–H and O–H groups in total. The van der Waals surface area contributed by atoms with Crippen molar-refractivity contribution in [1.29, 1.82) is 0 Å². The Morgan fingerprint density at radius 3 is 2.45 bits per heavy atom. The van der Waals surface area contributed by atoms with Gasteiger partial charge in [-0.2, -0.15) is 0 Å². The molecule has 0 aromatic rings. The number of fused-ring (bicyclic) bond motifs is 1. The number of hydrogen-bond acceptors (Lipinski definition) is 4. The van der Waals surface area contributed by atoms with Gasteiger partial charge in [-0.1, -0.05) is 12.8 Å². The normalized spacial score (nSPS) is 37.5. The summed E-state index contributed by atoms with van der Waals surface area (Å²) >= 11 is 0. The fourth-order valence-corrected chi connectivity index (χ4v) is 4.82. The van der Waals surface area contributed by atoms with Gasteiger partial charge >= 0.3 is 0 Å². The fraction of sp³-hybridized carbons (Fsp3) is 0.941. The molecule has 0 spiro atoms. The van der Waals surface area contributed by atoms with Crippen molar-refractivity contribution in [2.75, 3.05) is 32.8 Å². The lowest BCUT2D eigenvalue weighted by atomic mass is 9.97. The molecule has 0 aromatic carbocycles. The Bertz CT molecular complexity index is 405. The van der Waals surface area contributed by atoms with Crippen molar-refractivity contribution in [3.8, 4) is 0 Å². The largest absolute Gasteiger partial charge is 0.378 e. The molecule has 5 heteroatoms. The van der Waals surface area contributed by atoms with E-state index in [1.54, 1.807) is 0 Å². The van der Waals surface area contributed by atoms with Crippen LogP contribution in [0.2, 0.25) is 0 Å². The second-order valence-electron chi connectivity index (χ2n) is 7.21. The number of ether oxygens (including phenoxy) is 2. The molecule has 22 heavy (non-hydrogen) atoms. The average Bonchev–Trinajstić information content (AvgIpc) is 3.23. The Balaban J connectivity index is 1.35. The SMILES string of the molecule is O=C([C@@H]1CC[C@@H]2[C@@H](CCN2C2CCCC2)O1)N1CCOCC1. The number of carbonyl (C=O) groups excluding carboxylic acids is 1. The molecular weight excluding hydrogens is 280 g/mol.